The van der Waals surface area contributed by atoms with Crippen molar-refractivity contribution in [3.63, 3.8) is 0 Å². The molecule has 2 saturated heterocycles. The lowest BCUT2D eigenvalue weighted by Crippen LogP contribution is -2.53. The second kappa shape index (κ2) is 8.81. The number of nitrogens with one attached hydrogen (secondary N) is 1. The highest BCUT2D eigenvalue weighted by Gasteiger charge is 2.49. The number of rotatable bonds is 4. The number of methoxy groups -OCH3 is 1. The van der Waals surface area contributed by atoms with E-state index < -0.39 is 0 Å². The number of thioether (sulfide) groups is 2. The highest BCUT2D eigenvalue weighted by atomic mass is 32.2. The Bertz CT molecular complexity index is 927. The van der Waals surface area contributed by atoms with Crippen molar-refractivity contribution in [1.82, 2.24) is 4.90 Å². The first-order chi connectivity index (χ1) is 14.5. The Morgan fingerprint density at radius 1 is 1.17 bits per heavy atom. The van der Waals surface area contributed by atoms with E-state index in [9.17, 15) is 9.59 Å². The van der Waals surface area contributed by atoms with Crippen LogP contribution < -0.4 is 15.0 Å². The molecule has 3 amide bonds. The molecular weight excluding hydrogens is 418 g/mol. The molecule has 2 aromatic carbocycles. The van der Waals surface area contributed by atoms with Crippen LogP contribution in [0.25, 0.3) is 0 Å². The van der Waals surface area contributed by atoms with Gasteiger partial charge in [0.15, 0.2) is 0 Å². The van der Waals surface area contributed by atoms with Crippen molar-refractivity contribution in [3.05, 3.63) is 48.5 Å². The smallest absolute Gasteiger partial charge is 0.321 e. The summed E-state index contributed by atoms with van der Waals surface area (Å²) in [6.45, 7) is 1.21. The van der Waals surface area contributed by atoms with E-state index in [0.29, 0.717) is 18.8 Å². The molecule has 1 N–H and O–H groups in total. The largest absolute Gasteiger partial charge is 0.497 e. The molecule has 0 aliphatic carbocycles. The van der Waals surface area contributed by atoms with Crippen molar-refractivity contribution < 1.29 is 14.3 Å². The van der Waals surface area contributed by atoms with E-state index in [2.05, 4.69) is 5.32 Å². The molecule has 6 nitrogen and oxygen atoms in total. The molecule has 0 bridgehead atoms. The minimum Gasteiger partial charge on any atom is -0.497 e. The number of hydrogen-bond acceptors (Lipinski definition) is 5. The molecule has 158 valence electrons. The number of anilines is 2. The van der Waals surface area contributed by atoms with Gasteiger partial charge in [-0.25, -0.2) is 4.79 Å². The average Bonchev–Trinajstić information content (AvgIpc) is 3.10. The van der Waals surface area contributed by atoms with Crippen LogP contribution in [0.5, 0.6) is 5.75 Å². The molecule has 1 spiro atoms. The molecule has 8 heteroatoms. The summed E-state index contributed by atoms with van der Waals surface area (Å²) in [5, 5.41) is 2.98. The molecule has 0 aromatic heterocycles. The van der Waals surface area contributed by atoms with Crippen LogP contribution in [0.4, 0.5) is 16.2 Å². The first-order valence-electron chi connectivity index (χ1n) is 9.86. The summed E-state index contributed by atoms with van der Waals surface area (Å²) in [4.78, 5) is 30.1. The summed E-state index contributed by atoms with van der Waals surface area (Å²) in [6, 6.07) is 15.4. The Morgan fingerprint density at radius 2 is 1.90 bits per heavy atom. The number of carbonyl (C=O) groups excluding carboxylic acids is 2. The van der Waals surface area contributed by atoms with Crippen LogP contribution in [0.2, 0.25) is 0 Å². The number of ether oxygens (including phenoxy) is 1. The summed E-state index contributed by atoms with van der Waals surface area (Å²) < 4.78 is 5.34. The van der Waals surface area contributed by atoms with Gasteiger partial charge in [0.1, 0.15) is 5.75 Å². The standard InChI is InChI=1S/C22H25N3O3S2/c1-28-18-5-3-4-17(14-18)25-20(26)15-30-22(25)10-12-24(13-11-22)21(27)23-16-6-8-19(29-2)9-7-16/h3-9,14H,10-13,15H2,1-2H3,(H,23,27). The Morgan fingerprint density at radius 3 is 2.57 bits per heavy atom. The van der Waals surface area contributed by atoms with Crippen LogP contribution in [0.1, 0.15) is 12.8 Å². The highest BCUT2D eigenvalue weighted by Crippen LogP contribution is 2.47. The van der Waals surface area contributed by atoms with Gasteiger partial charge in [-0.1, -0.05) is 6.07 Å². The molecule has 2 aliphatic rings. The lowest BCUT2D eigenvalue weighted by atomic mass is 10.0. The molecular formula is C22H25N3O3S2. The molecule has 0 atom stereocenters. The van der Waals surface area contributed by atoms with Crippen LogP contribution in [0.3, 0.4) is 0 Å². The second-order valence-electron chi connectivity index (χ2n) is 7.31. The van der Waals surface area contributed by atoms with E-state index in [4.69, 9.17) is 4.74 Å². The molecule has 0 saturated carbocycles. The molecule has 0 unspecified atom stereocenters. The topological polar surface area (TPSA) is 61.9 Å². The minimum atomic E-state index is -0.305. The Hall–Kier alpha value is -2.32. The molecule has 0 radical (unpaired) electrons. The van der Waals surface area contributed by atoms with Crippen LogP contribution >= 0.6 is 23.5 Å². The van der Waals surface area contributed by atoms with Gasteiger partial charge in [-0.2, -0.15) is 0 Å². The monoisotopic (exact) mass is 443 g/mol. The minimum absolute atomic E-state index is 0.0935. The number of likely N-dealkylation sites (tertiary alicyclic amines) is 1. The van der Waals surface area contributed by atoms with Crippen molar-refractivity contribution in [2.75, 3.05) is 42.4 Å². The molecule has 2 fully saturated rings. The fraction of sp³-hybridized carbons (Fsp3) is 0.364. The van der Waals surface area contributed by atoms with E-state index in [1.165, 1.54) is 0 Å². The Labute approximate surface area is 185 Å². The van der Waals surface area contributed by atoms with Crippen LogP contribution in [0, 0.1) is 0 Å². The maximum Gasteiger partial charge on any atom is 0.321 e. The third-order valence-corrected chi connectivity index (χ3v) is 7.87. The number of carbonyl (C=O) groups is 2. The number of benzene rings is 2. The maximum atomic E-state index is 12.7. The van der Waals surface area contributed by atoms with E-state index in [1.54, 1.807) is 30.6 Å². The number of hydrogen-bond donors (Lipinski definition) is 1. The van der Waals surface area contributed by atoms with E-state index >= 15 is 0 Å². The molecule has 30 heavy (non-hydrogen) atoms. The van der Waals surface area contributed by atoms with Gasteiger partial charge in [-0.3, -0.25) is 9.69 Å². The van der Waals surface area contributed by atoms with Crippen LogP contribution in [0.15, 0.2) is 53.4 Å². The molecule has 4 rings (SSSR count). The van der Waals surface area contributed by atoms with Crippen molar-refractivity contribution >= 4 is 46.8 Å². The van der Waals surface area contributed by atoms with Gasteiger partial charge in [0.2, 0.25) is 5.91 Å². The van der Waals surface area contributed by atoms with E-state index in [-0.39, 0.29) is 16.8 Å². The molecule has 2 heterocycles. The predicted octanol–water partition coefficient (Wildman–Crippen LogP) is 4.52. The fourth-order valence-electron chi connectivity index (χ4n) is 3.99. The van der Waals surface area contributed by atoms with Gasteiger partial charge in [0, 0.05) is 35.4 Å². The van der Waals surface area contributed by atoms with Crippen molar-refractivity contribution in [1.29, 1.82) is 0 Å². The summed E-state index contributed by atoms with van der Waals surface area (Å²) >= 11 is 3.36. The zero-order valence-electron chi connectivity index (χ0n) is 17.1. The van der Waals surface area contributed by atoms with Crippen molar-refractivity contribution in [3.8, 4) is 5.75 Å². The summed E-state index contributed by atoms with van der Waals surface area (Å²) in [6.07, 6.45) is 3.50. The molecule has 2 aromatic rings. The van der Waals surface area contributed by atoms with Gasteiger partial charge < -0.3 is 15.0 Å². The first-order valence-corrected chi connectivity index (χ1v) is 12.1. The van der Waals surface area contributed by atoms with Crippen LogP contribution in [-0.4, -0.2) is 53.9 Å². The van der Waals surface area contributed by atoms with Gasteiger partial charge in [-0.15, -0.1) is 23.5 Å². The number of nitrogens with zero attached hydrogens (tertiary/aromatic N) is 2. The zero-order chi connectivity index (χ0) is 21.1. The first kappa shape index (κ1) is 20.9. The Balaban J connectivity index is 1.44. The summed E-state index contributed by atoms with van der Waals surface area (Å²) in [5.74, 6) is 1.31. The van der Waals surface area contributed by atoms with Gasteiger partial charge in [-0.05, 0) is 55.5 Å². The highest BCUT2D eigenvalue weighted by molar-refractivity contribution is 8.02. The third kappa shape index (κ3) is 4.11. The summed E-state index contributed by atoms with van der Waals surface area (Å²) in [7, 11) is 1.63. The van der Waals surface area contributed by atoms with Crippen molar-refractivity contribution in [2.45, 2.75) is 22.6 Å². The SMILES string of the molecule is COc1cccc(N2C(=O)CSC23CCN(C(=O)Nc2ccc(SC)cc2)CC3)c1. The summed E-state index contributed by atoms with van der Waals surface area (Å²) in [5.41, 5.74) is 1.65. The van der Waals surface area contributed by atoms with Gasteiger partial charge >= 0.3 is 6.03 Å². The number of amides is 3. The molecule has 2 aliphatic heterocycles. The van der Waals surface area contributed by atoms with E-state index in [0.717, 1.165) is 34.9 Å². The Kier molecular flexibility index (Phi) is 6.15. The maximum absolute atomic E-state index is 12.7. The quantitative estimate of drug-likeness (QED) is 0.704. The normalized spacial score (nSPS) is 18.0. The third-order valence-electron chi connectivity index (χ3n) is 5.61. The lowest BCUT2D eigenvalue weighted by Gasteiger charge is -2.43. The zero-order valence-corrected chi connectivity index (χ0v) is 18.7. The van der Waals surface area contributed by atoms with Gasteiger partial charge in [0.05, 0.1) is 17.7 Å². The van der Waals surface area contributed by atoms with Crippen molar-refractivity contribution in [2.24, 2.45) is 0 Å². The number of piperidine rings is 1. The predicted molar refractivity (Wildman–Crippen MR) is 124 cm³/mol. The fourth-order valence-corrected chi connectivity index (χ4v) is 5.72. The average molecular weight is 444 g/mol. The van der Waals surface area contributed by atoms with E-state index in [1.807, 2.05) is 64.6 Å². The van der Waals surface area contributed by atoms with Gasteiger partial charge in [0.25, 0.3) is 0 Å². The number of urea groups is 1. The lowest BCUT2D eigenvalue weighted by molar-refractivity contribution is -0.116. The second-order valence-corrected chi connectivity index (χ2v) is 9.53. The van der Waals surface area contributed by atoms with Crippen LogP contribution in [-0.2, 0) is 4.79 Å².